The highest BCUT2D eigenvalue weighted by Crippen LogP contribution is 2.18. The molecule has 0 aromatic heterocycles. The zero-order valence-electron chi connectivity index (χ0n) is 13.0. The monoisotopic (exact) mass is 325 g/mol. The number of urea groups is 1. The summed E-state index contributed by atoms with van der Waals surface area (Å²) in [5.41, 5.74) is 0.865. The van der Waals surface area contributed by atoms with Crippen molar-refractivity contribution in [2.75, 3.05) is 13.1 Å². The number of amides is 2. The first-order valence-corrected chi connectivity index (χ1v) is 9.04. The van der Waals surface area contributed by atoms with Crippen molar-refractivity contribution in [2.45, 2.75) is 44.2 Å². The molecule has 2 amide bonds. The second kappa shape index (κ2) is 7.11. The predicted octanol–water partition coefficient (Wildman–Crippen LogP) is 1.68. The summed E-state index contributed by atoms with van der Waals surface area (Å²) in [6.07, 6.45) is 2.09. The van der Waals surface area contributed by atoms with E-state index in [1.807, 2.05) is 13.8 Å². The number of nitrogens with zero attached hydrogens (tertiary/aromatic N) is 1. The van der Waals surface area contributed by atoms with Crippen molar-refractivity contribution in [1.29, 1.82) is 0 Å². The van der Waals surface area contributed by atoms with Gasteiger partial charge >= 0.3 is 6.03 Å². The number of nitrogens with one attached hydrogen (secondary N) is 2. The second-order valence-electron chi connectivity index (χ2n) is 5.33. The zero-order valence-corrected chi connectivity index (χ0v) is 13.8. The maximum atomic E-state index is 12.3. The van der Waals surface area contributed by atoms with Crippen LogP contribution in [0.4, 0.5) is 4.79 Å². The lowest BCUT2D eigenvalue weighted by Crippen LogP contribution is -2.36. The van der Waals surface area contributed by atoms with Crippen LogP contribution in [0.2, 0.25) is 0 Å². The first-order chi connectivity index (χ1) is 10.5. The summed E-state index contributed by atoms with van der Waals surface area (Å²) in [6.45, 7) is 4.91. The maximum Gasteiger partial charge on any atom is 0.315 e. The van der Waals surface area contributed by atoms with Crippen LogP contribution < -0.4 is 10.6 Å². The molecule has 0 spiro atoms. The molecule has 1 aliphatic rings. The van der Waals surface area contributed by atoms with E-state index in [2.05, 4.69) is 10.6 Å². The van der Waals surface area contributed by atoms with Gasteiger partial charge in [0.25, 0.3) is 0 Å². The summed E-state index contributed by atoms with van der Waals surface area (Å²) in [5.74, 6) is 0. The Morgan fingerprint density at radius 2 is 1.77 bits per heavy atom. The summed E-state index contributed by atoms with van der Waals surface area (Å²) in [6, 6.07) is 6.78. The summed E-state index contributed by atoms with van der Waals surface area (Å²) < 4.78 is 26.1. The number of carbonyl (C=O) groups is 1. The van der Waals surface area contributed by atoms with E-state index < -0.39 is 10.0 Å². The third-order valence-corrected chi connectivity index (χ3v) is 5.70. The zero-order chi connectivity index (χ0) is 16.2. The fraction of sp³-hybridized carbons (Fsp3) is 0.533. The Hall–Kier alpha value is -1.60. The van der Waals surface area contributed by atoms with E-state index in [1.165, 1.54) is 4.31 Å². The minimum absolute atomic E-state index is 0.178. The van der Waals surface area contributed by atoms with Crippen LogP contribution in [-0.2, 0) is 16.6 Å². The van der Waals surface area contributed by atoms with Crippen molar-refractivity contribution < 1.29 is 13.2 Å². The van der Waals surface area contributed by atoms with E-state index in [9.17, 15) is 13.2 Å². The quantitative estimate of drug-likeness (QED) is 0.800. The first-order valence-electron chi connectivity index (χ1n) is 7.60. The van der Waals surface area contributed by atoms with Gasteiger partial charge in [0.05, 0.1) is 4.90 Å². The van der Waals surface area contributed by atoms with Crippen LogP contribution in [0.25, 0.3) is 0 Å². The summed E-state index contributed by atoms with van der Waals surface area (Å²) in [4.78, 5) is 11.8. The molecule has 0 heterocycles. The van der Waals surface area contributed by atoms with Crippen LogP contribution in [-0.4, -0.2) is 37.9 Å². The van der Waals surface area contributed by atoms with E-state index in [1.54, 1.807) is 24.3 Å². The van der Waals surface area contributed by atoms with Crippen LogP contribution in [0.1, 0.15) is 32.3 Å². The van der Waals surface area contributed by atoms with Crippen molar-refractivity contribution in [2.24, 2.45) is 0 Å². The molecule has 0 unspecified atom stereocenters. The lowest BCUT2D eigenvalue weighted by atomic mass is 10.2. The lowest BCUT2D eigenvalue weighted by Gasteiger charge is -2.18. The molecular formula is C15H23N3O3S. The molecule has 7 heteroatoms. The van der Waals surface area contributed by atoms with Gasteiger partial charge in [-0.2, -0.15) is 4.31 Å². The van der Waals surface area contributed by atoms with Gasteiger partial charge in [-0.3, -0.25) is 0 Å². The van der Waals surface area contributed by atoms with Gasteiger partial charge in [0.1, 0.15) is 0 Å². The average molecular weight is 325 g/mol. The molecule has 0 radical (unpaired) electrons. The molecule has 122 valence electrons. The number of hydrogen-bond donors (Lipinski definition) is 2. The molecule has 0 saturated heterocycles. The van der Waals surface area contributed by atoms with Crippen molar-refractivity contribution in [3.8, 4) is 0 Å². The van der Waals surface area contributed by atoms with Gasteiger partial charge in [0.2, 0.25) is 10.0 Å². The molecule has 6 nitrogen and oxygen atoms in total. The summed E-state index contributed by atoms with van der Waals surface area (Å²) in [5, 5.41) is 5.60. The number of carbonyl (C=O) groups excluding carboxylic acids is 1. The highest BCUT2D eigenvalue weighted by atomic mass is 32.2. The molecule has 22 heavy (non-hydrogen) atoms. The molecule has 2 rings (SSSR count). The average Bonchev–Trinajstić information content (AvgIpc) is 3.30. The largest absolute Gasteiger partial charge is 0.335 e. The van der Waals surface area contributed by atoms with Crippen LogP contribution in [0.15, 0.2) is 29.2 Å². The fourth-order valence-electron chi connectivity index (χ4n) is 2.14. The molecule has 1 aromatic rings. The van der Waals surface area contributed by atoms with Crippen LogP contribution in [0.5, 0.6) is 0 Å². The molecular weight excluding hydrogens is 302 g/mol. The fourth-order valence-corrected chi connectivity index (χ4v) is 3.60. The van der Waals surface area contributed by atoms with E-state index >= 15 is 0 Å². The Bertz CT molecular complexity index is 605. The van der Waals surface area contributed by atoms with Gasteiger partial charge in [-0.1, -0.05) is 26.0 Å². The summed E-state index contributed by atoms with van der Waals surface area (Å²) >= 11 is 0. The SMILES string of the molecule is CCN(CC)S(=O)(=O)c1ccc(CNC(=O)NC2CC2)cc1. The number of sulfonamides is 1. The highest BCUT2D eigenvalue weighted by Gasteiger charge is 2.23. The second-order valence-corrected chi connectivity index (χ2v) is 7.27. The molecule has 1 aliphatic carbocycles. The van der Waals surface area contributed by atoms with E-state index in [0.717, 1.165) is 18.4 Å². The molecule has 1 fully saturated rings. The lowest BCUT2D eigenvalue weighted by molar-refractivity contribution is 0.240. The Morgan fingerprint density at radius 3 is 2.27 bits per heavy atom. The van der Waals surface area contributed by atoms with Gasteiger partial charge in [-0.15, -0.1) is 0 Å². The Balaban J connectivity index is 1.95. The minimum atomic E-state index is -3.42. The highest BCUT2D eigenvalue weighted by molar-refractivity contribution is 7.89. The van der Waals surface area contributed by atoms with Gasteiger partial charge < -0.3 is 10.6 Å². The van der Waals surface area contributed by atoms with E-state index in [0.29, 0.717) is 25.7 Å². The van der Waals surface area contributed by atoms with Crippen molar-refractivity contribution in [3.05, 3.63) is 29.8 Å². The van der Waals surface area contributed by atoms with Crippen molar-refractivity contribution in [3.63, 3.8) is 0 Å². The molecule has 2 N–H and O–H groups in total. The third kappa shape index (κ3) is 4.20. The number of benzene rings is 1. The number of hydrogen-bond acceptors (Lipinski definition) is 3. The molecule has 1 aromatic carbocycles. The van der Waals surface area contributed by atoms with Crippen LogP contribution in [0, 0.1) is 0 Å². The standard InChI is InChI=1S/C15H23N3O3S/c1-3-18(4-2)22(20,21)14-9-5-12(6-10-14)11-16-15(19)17-13-7-8-13/h5-6,9-10,13H,3-4,7-8,11H2,1-2H3,(H2,16,17,19). The Labute approximate surface area is 131 Å². The molecule has 0 bridgehead atoms. The topological polar surface area (TPSA) is 78.5 Å². The third-order valence-electron chi connectivity index (χ3n) is 3.63. The van der Waals surface area contributed by atoms with Gasteiger partial charge in [0.15, 0.2) is 0 Å². The smallest absolute Gasteiger partial charge is 0.315 e. The van der Waals surface area contributed by atoms with Crippen molar-refractivity contribution >= 4 is 16.1 Å². The Morgan fingerprint density at radius 1 is 1.18 bits per heavy atom. The first kappa shape index (κ1) is 16.8. The van der Waals surface area contributed by atoms with Gasteiger partial charge in [0, 0.05) is 25.7 Å². The predicted molar refractivity (Wildman–Crippen MR) is 84.9 cm³/mol. The van der Waals surface area contributed by atoms with E-state index in [-0.39, 0.29) is 10.9 Å². The number of rotatable bonds is 7. The minimum Gasteiger partial charge on any atom is -0.335 e. The summed E-state index contributed by atoms with van der Waals surface area (Å²) in [7, 11) is -3.42. The van der Waals surface area contributed by atoms with E-state index in [4.69, 9.17) is 0 Å². The molecule has 0 aliphatic heterocycles. The van der Waals surface area contributed by atoms with Crippen LogP contribution >= 0.6 is 0 Å². The van der Waals surface area contributed by atoms with Crippen LogP contribution in [0.3, 0.4) is 0 Å². The van der Waals surface area contributed by atoms with Crippen molar-refractivity contribution in [1.82, 2.24) is 14.9 Å². The van der Waals surface area contributed by atoms with Gasteiger partial charge in [-0.25, -0.2) is 13.2 Å². The molecule has 0 atom stereocenters. The Kier molecular flexibility index (Phi) is 5.42. The van der Waals surface area contributed by atoms with Gasteiger partial charge in [-0.05, 0) is 30.5 Å². The maximum absolute atomic E-state index is 12.3. The molecule has 1 saturated carbocycles. The normalized spacial score (nSPS) is 14.9.